The zero-order valence-electron chi connectivity index (χ0n) is 34.7. The second-order valence-corrected chi connectivity index (χ2v) is 16.9. The number of nitrogens with zero attached hydrogens (tertiary/aromatic N) is 3. The molecule has 0 unspecified atom stereocenters. The molecule has 0 bridgehead atoms. The van der Waals surface area contributed by atoms with Gasteiger partial charge in [0.25, 0.3) is 0 Å². The van der Waals surface area contributed by atoms with Gasteiger partial charge >= 0.3 is 5.97 Å². The minimum Gasteiger partial charge on any atom is -0.480 e. The number of hydrogen-bond acceptors (Lipinski definition) is 10. The number of carbonyl (C=O) groups excluding carboxylic acids is 4. The third-order valence-electron chi connectivity index (χ3n) is 11.0. The molecule has 0 aromatic heterocycles. The van der Waals surface area contributed by atoms with Crippen molar-refractivity contribution in [2.45, 2.75) is 123 Å². The van der Waals surface area contributed by atoms with Crippen LogP contribution in [0.4, 0.5) is 0 Å². The number of nitrogens with one attached hydrogen (secondary N) is 2. The van der Waals surface area contributed by atoms with Crippen molar-refractivity contribution < 1.29 is 38.6 Å². The average molecular weight is 810 g/mol. The Morgan fingerprint density at radius 2 is 1.60 bits per heavy atom. The van der Waals surface area contributed by atoms with Crippen LogP contribution in [0.25, 0.3) is 0 Å². The molecule has 1 heterocycles. The predicted octanol–water partition coefficient (Wildman–Crippen LogP) is 4.35. The van der Waals surface area contributed by atoms with Crippen LogP contribution in [0.2, 0.25) is 0 Å². The molecule has 9 atom stereocenters. The highest BCUT2D eigenvalue weighted by Gasteiger charge is 2.43. The van der Waals surface area contributed by atoms with Crippen molar-refractivity contribution in [3.05, 3.63) is 35.9 Å². The van der Waals surface area contributed by atoms with E-state index < -0.39 is 60.2 Å². The van der Waals surface area contributed by atoms with Crippen molar-refractivity contribution in [1.29, 1.82) is 0 Å². The Kier molecular flexibility index (Phi) is 20.5. The number of benzene rings is 1. The number of hydrogen-bond donors (Lipinski definition) is 4. The first kappa shape index (κ1) is 48.3. The Balaban J connectivity index is 2.28. The SMILES string of the molecule is CC[C@H](C)[C@@H]([C@@H](CC(=O)N1CCC[C@H]1[C@H](OC)[C@@H](C)C(=O)N[C@@H](Cc1ccccc1)C(=O)O)OC)N(C)C(=O)[C@@H](NC(=O)[C@H](C(C)C)N(C)CSS)C(C)C. The van der Waals surface area contributed by atoms with Crippen LogP contribution in [0.3, 0.4) is 0 Å². The molecule has 1 aliphatic rings. The fraction of sp³-hybridized carbons (Fsp3) is 0.725. The van der Waals surface area contributed by atoms with Gasteiger partial charge in [-0.2, -0.15) is 0 Å². The van der Waals surface area contributed by atoms with E-state index in [-0.39, 0.29) is 48.3 Å². The lowest BCUT2D eigenvalue weighted by Gasteiger charge is -2.41. The zero-order valence-corrected chi connectivity index (χ0v) is 36.4. The van der Waals surface area contributed by atoms with E-state index in [1.807, 2.05) is 83.8 Å². The fourth-order valence-corrected chi connectivity index (χ4v) is 8.70. The largest absolute Gasteiger partial charge is 0.480 e. The summed E-state index contributed by atoms with van der Waals surface area (Å²) in [6, 6.07) is 5.79. The first-order chi connectivity index (χ1) is 25.9. The van der Waals surface area contributed by atoms with Gasteiger partial charge < -0.3 is 35.0 Å². The van der Waals surface area contributed by atoms with Crippen molar-refractivity contribution in [2.24, 2.45) is 23.7 Å². The van der Waals surface area contributed by atoms with E-state index in [2.05, 4.69) is 22.3 Å². The topological polar surface area (TPSA) is 158 Å². The highest BCUT2D eigenvalue weighted by Crippen LogP contribution is 2.30. The summed E-state index contributed by atoms with van der Waals surface area (Å²) in [4.78, 5) is 73.1. The van der Waals surface area contributed by atoms with Crippen molar-refractivity contribution in [1.82, 2.24) is 25.3 Å². The number of carboxylic acids is 1. The number of methoxy groups -OCH3 is 2. The van der Waals surface area contributed by atoms with E-state index in [0.717, 1.165) is 5.56 Å². The maximum atomic E-state index is 14.3. The summed E-state index contributed by atoms with van der Waals surface area (Å²) in [5, 5.41) is 15.6. The van der Waals surface area contributed by atoms with Gasteiger partial charge in [-0.1, -0.05) is 96.0 Å². The Bertz CT molecular complexity index is 1390. The quantitative estimate of drug-likeness (QED) is 0.0712. The first-order valence-corrected chi connectivity index (χ1v) is 21.4. The molecule has 1 saturated heterocycles. The van der Waals surface area contributed by atoms with Crippen LogP contribution in [-0.2, 0) is 39.9 Å². The Morgan fingerprint density at radius 3 is 2.11 bits per heavy atom. The number of aliphatic carboxylic acids is 1. The molecule has 1 aromatic rings. The van der Waals surface area contributed by atoms with Crippen LogP contribution < -0.4 is 10.6 Å². The maximum absolute atomic E-state index is 14.3. The summed E-state index contributed by atoms with van der Waals surface area (Å²) in [6.07, 6.45) is 0.772. The standard InChI is InChI=1S/C40H67N5O8S2/c1-12-26(6)35(44(9)39(49)33(24(2)3)42-38(48)34(25(4)5)43(8)23-55-54)31(52-10)22-32(46)45-20-16-19-30(45)36(53-11)27(7)37(47)41-29(40(50)51)21-28-17-14-13-15-18-28/h13-15,17-18,24-27,29-31,33-36,54H,12,16,19-23H2,1-11H3,(H,41,47)(H,42,48)(H,50,51)/t26-,27+,29-,30-,31+,33-,34-,35-,36+/m0/s1. The number of carboxylic acid groups (broad SMARTS) is 1. The summed E-state index contributed by atoms with van der Waals surface area (Å²) in [7, 11) is 7.93. The van der Waals surface area contributed by atoms with E-state index >= 15 is 0 Å². The third kappa shape index (κ3) is 13.4. The van der Waals surface area contributed by atoms with Gasteiger partial charge in [0.2, 0.25) is 23.6 Å². The van der Waals surface area contributed by atoms with Crippen LogP contribution >= 0.6 is 22.5 Å². The number of likely N-dealkylation sites (tertiary alicyclic amines) is 1. The highest BCUT2D eigenvalue weighted by atomic mass is 33.1. The van der Waals surface area contributed by atoms with Crippen LogP contribution in [0.15, 0.2) is 30.3 Å². The summed E-state index contributed by atoms with van der Waals surface area (Å²) >= 11 is 4.26. The van der Waals surface area contributed by atoms with Crippen LogP contribution in [0.5, 0.6) is 0 Å². The Labute approximate surface area is 338 Å². The number of amides is 4. The molecule has 0 aliphatic carbocycles. The van der Waals surface area contributed by atoms with E-state index in [9.17, 15) is 29.1 Å². The van der Waals surface area contributed by atoms with Gasteiger partial charge in [-0.05, 0) is 43.2 Å². The van der Waals surface area contributed by atoms with E-state index in [1.54, 1.807) is 23.8 Å². The van der Waals surface area contributed by atoms with Gasteiger partial charge in [0.05, 0.1) is 48.5 Å². The molecule has 0 radical (unpaired) electrons. The fourth-order valence-electron chi connectivity index (χ4n) is 7.81. The van der Waals surface area contributed by atoms with E-state index in [4.69, 9.17) is 9.47 Å². The number of carbonyl (C=O) groups is 5. The molecule has 4 amide bonds. The first-order valence-electron chi connectivity index (χ1n) is 19.4. The van der Waals surface area contributed by atoms with Gasteiger partial charge in [0.15, 0.2) is 0 Å². The average Bonchev–Trinajstić information content (AvgIpc) is 3.63. The van der Waals surface area contributed by atoms with Crippen molar-refractivity contribution in [3.8, 4) is 0 Å². The van der Waals surface area contributed by atoms with Crippen LogP contribution in [0.1, 0.15) is 79.7 Å². The van der Waals surface area contributed by atoms with Crippen molar-refractivity contribution in [3.63, 3.8) is 0 Å². The summed E-state index contributed by atoms with van der Waals surface area (Å²) < 4.78 is 11.9. The second kappa shape index (κ2) is 23.4. The molecule has 3 N–H and O–H groups in total. The highest BCUT2D eigenvalue weighted by molar-refractivity contribution is 8.68. The van der Waals surface area contributed by atoms with Gasteiger partial charge in [-0.3, -0.25) is 24.1 Å². The van der Waals surface area contributed by atoms with Gasteiger partial charge in [0.1, 0.15) is 12.1 Å². The normalized spacial score (nSPS) is 19.0. The second-order valence-electron chi connectivity index (χ2n) is 15.6. The molecule has 1 aliphatic heterocycles. The predicted molar refractivity (Wildman–Crippen MR) is 220 cm³/mol. The lowest BCUT2D eigenvalue weighted by Crippen LogP contribution is -2.60. The molecule has 55 heavy (non-hydrogen) atoms. The summed E-state index contributed by atoms with van der Waals surface area (Å²) in [5.74, 6) is -2.79. The maximum Gasteiger partial charge on any atom is 0.326 e. The molecule has 0 saturated carbocycles. The number of likely N-dealkylation sites (N-methyl/N-ethyl adjacent to an activating group) is 2. The molecule has 15 heteroatoms. The zero-order chi connectivity index (χ0) is 41.6. The Hall–Kier alpha value is -2.85. The minimum absolute atomic E-state index is 0.00587. The lowest BCUT2D eigenvalue weighted by atomic mass is 9.89. The van der Waals surface area contributed by atoms with Gasteiger partial charge in [0, 0.05) is 34.2 Å². The van der Waals surface area contributed by atoms with E-state index in [1.165, 1.54) is 25.0 Å². The molecule has 312 valence electrons. The smallest absolute Gasteiger partial charge is 0.326 e. The molecule has 2 rings (SSSR count). The van der Waals surface area contributed by atoms with Crippen molar-refractivity contribution >= 4 is 52.1 Å². The molecule has 0 spiro atoms. The number of rotatable bonds is 23. The monoisotopic (exact) mass is 809 g/mol. The summed E-state index contributed by atoms with van der Waals surface area (Å²) in [6.45, 7) is 13.9. The van der Waals surface area contributed by atoms with Crippen LogP contribution in [0, 0.1) is 23.7 Å². The van der Waals surface area contributed by atoms with Gasteiger partial charge in [-0.15, -0.1) is 11.7 Å². The molecule has 1 aromatic carbocycles. The number of ether oxygens (including phenoxy) is 2. The van der Waals surface area contributed by atoms with Crippen molar-refractivity contribution in [2.75, 3.05) is 40.7 Å². The lowest BCUT2D eigenvalue weighted by molar-refractivity contribution is -0.148. The molecular weight excluding hydrogens is 743 g/mol. The minimum atomic E-state index is -1.14. The van der Waals surface area contributed by atoms with Gasteiger partial charge in [-0.25, -0.2) is 4.79 Å². The third-order valence-corrected chi connectivity index (χ3v) is 11.9. The van der Waals surface area contributed by atoms with Crippen LogP contribution in [-0.4, -0.2) is 133 Å². The summed E-state index contributed by atoms with van der Waals surface area (Å²) in [5.41, 5.74) is 0.783. The molecular formula is C40H67N5O8S2. The Morgan fingerprint density at radius 1 is 0.964 bits per heavy atom. The molecule has 13 nitrogen and oxygen atoms in total. The van der Waals surface area contributed by atoms with E-state index in [0.29, 0.717) is 31.7 Å². The number of thiol groups is 1. The molecule has 1 fully saturated rings.